The molecule has 1 heterocycles. The van der Waals surface area contributed by atoms with Crippen molar-refractivity contribution in [2.45, 2.75) is 11.3 Å². The van der Waals surface area contributed by atoms with Gasteiger partial charge in [-0.1, -0.05) is 18.2 Å². The van der Waals surface area contributed by atoms with E-state index in [0.29, 0.717) is 17.7 Å². The van der Waals surface area contributed by atoms with Crippen molar-refractivity contribution in [3.8, 4) is 0 Å². The molecule has 0 aliphatic carbocycles. The number of amides is 2. The first-order chi connectivity index (χ1) is 10.3. The molecule has 0 fully saturated rings. The molecule has 108 valence electrons. The molecule has 0 atom stereocenters. The second-order valence-corrected chi connectivity index (χ2v) is 5.32. The molecule has 2 amide bonds. The Morgan fingerprint density at radius 1 is 1.05 bits per heavy atom. The van der Waals surface area contributed by atoms with E-state index >= 15 is 0 Å². The first kappa shape index (κ1) is 15.1. The van der Waals surface area contributed by atoms with Gasteiger partial charge in [0.15, 0.2) is 0 Å². The third-order valence-corrected chi connectivity index (χ3v) is 3.59. The predicted octanol–water partition coefficient (Wildman–Crippen LogP) is 2.02. The fraction of sp³-hybridized carbons (Fsp3) is 0.133. The minimum atomic E-state index is -0.382. The molecule has 5 nitrogen and oxygen atoms in total. The zero-order chi connectivity index (χ0) is 14.9. The molecule has 0 radical (unpaired) electrons. The zero-order valence-electron chi connectivity index (χ0n) is 11.3. The normalized spacial score (nSPS) is 9.90. The van der Waals surface area contributed by atoms with Crippen molar-refractivity contribution in [1.82, 2.24) is 15.8 Å². The molecular formula is C15H15N3O2S. The highest BCUT2D eigenvalue weighted by Gasteiger charge is 2.07. The molecule has 6 heteroatoms. The molecule has 1 aromatic carbocycles. The lowest BCUT2D eigenvalue weighted by Gasteiger charge is -2.07. The van der Waals surface area contributed by atoms with E-state index in [4.69, 9.17) is 0 Å². The Kier molecular flexibility index (Phi) is 5.78. The number of nitrogens with zero attached hydrogens (tertiary/aromatic N) is 1. The number of nitrogens with one attached hydrogen (secondary N) is 2. The van der Waals surface area contributed by atoms with Crippen LogP contribution in [-0.2, 0) is 4.79 Å². The van der Waals surface area contributed by atoms with Gasteiger partial charge in [0, 0.05) is 29.5 Å². The number of hydrazine groups is 1. The average Bonchev–Trinajstić information content (AvgIpc) is 2.54. The minimum absolute atomic E-state index is 0.226. The number of thioether (sulfide) groups is 1. The van der Waals surface area contributed by atoms with Gasteiger partial charge in [0.2, 0.25) is 5.91 Å². The molecule has 0 aliphatic heterocycles. The summed E-state index contributed by atoms with van der Waals surface area (Å²) >= 11 is 1.60. The van der Waals surface area contributed by atoms with Crippen LogP contribution in [0.2, 0.25) is 0 Å². The van der Waals surface area contributed by atoms with Gasteiger partial charge in [-0.2, -0.15) is 0 Å². The van der Waals surface area contributed by atoms with Gasteiger partial charge in [0.05, 0.1) is 5.56 Å². The highest BCUT2D eigenvalue weighted by molar-refractivity contribution is 7.99. The predicted molar refractivity (Wildman–Crippen MR) is 81.6 cm³/mol. The van der Waals surface area contributed by atoms with E-state index in [2.05, 4.69) is 15.8 Å². The Labute approximate surface area is 127 Å². The SMILES string of the molecule is O=C(CCSc1ccccc1)NNC(=O)c1cccnc1. The van der Waals surface area contributed by atoms with E-state index in [1.807, 2.05) is 30.3 Å². The smallest absolute Gasteiger partial charge is 0.271 e. The molecule has 0 saturated heterocycles. The van der Waals surface area contributed by atoms with Crippen molar-refractivity contribution in [1.29, 1.82) is 0 Å². The summed E-state index contributed by atoms with van der Waals surface area (Å²) in [5, 5.41) is 0. The molecule has 2 rings (SSSR count). The van der Waals surface area contributed by atoms with Crippen LogP contribution in [0.3, 0.4) is 0 Å². The third kappa shape index (κ3) is 5.27. The summed E-state index contributed by atoms with van der Waals surface area (Å²) in [6, 6.07) is 13.1. The van der Waals surface area contributed by atoms with E-state index in [1.54, 1.807) is 30.1 Å². The molecule has 0 saturated carbocycles. The summed E-state index contributed by atoms with van der Waals surface area (Å²) < 4.78 is 0. The van der Waals surface area contributed by atoms with Crippen LogP contribution in [0.1, 0.15) is 16.8 Å². The Morgan fingerprint density at radius 3 is 2.57 bits per heavy atom. The van der Waals surface area contributed by atoms with Gasteiger partial charge >= 0.3 is 0 Å². The van der Waals surface area contributed by atoms with E-state index in [-0.39, 0.29) is 11.8 Å². The Morgan fingerprint density at radius 2 is 1.86 bits per heavy atom. The van der Waals surface area contributed by atoms with Gasteiger partial charge in [0.1, 0.15) is 0 Å². The number of benzene rings is 1. The standard InChI is InChI=1S/C15H15N3O2S/c19-14(8-10-21-13-6-2-1-3-7-13)17-18-15(20)12-5-4-9-16-11-12/h1-7,9,11H,8,10H2,(H,17,19)(H,18,20). The topological polar surface area (TPSA) is 71.1 Å². The van der Waals surface area contributed by atoms with Crippen LogP contribution in [0.25, 0.3) is 0 Å². The maximum atomic E-state index is 11.7. The van der Waals surface area contributed by atoms with E-state index < -0.39 is 0 Å². The number of aromatic nitrogens is 1. The van der Waals surface area contributed by atoms with Gasteiger partial charge < -0.3 is 0 Å². The van der Waals surface area contributed by atoms with Gasteiger partial charge in [-0.05, 0) is 24.3 Å². The quantitative estimate of drug-likeness (QED) is 0.655. The number of hydrogen-bond acceptors (Lipinski definition) is 4. The Hall–Kier alpha value is -2.34. The minimum Gasteiger partial charge on any atom is -0.273 e. The van der Waals surface area contributed by atoms with Crippen molar-refractivity contribution < 1.29 is 9.59 Å². The fourth-order valence-electron chi connectivity index (χ4n) is 1.54. The van der Waals surface area contributed by atoms with Crippen LogP contribution in [0.15, 0.2) is 59.8 Å². The van der Waals surface area contributed by atoms with Crippen LogP contribution >= 0.6 is 11.8 Å². The van der Waals surface area contributed by atoms with Gasteiger partial charge in [-0.25, -0.2) is 0 Å². The van der Waals surface area contributed by atoms with Crippen LogP contribution in [0.5, 0.6) is 0 Å². The lowest BCUT2D eigenvalue weighted by molar-refractivity contribution is -0.121. The summed E-state index contributed by atoms with van der Waals surface area (Å²) in [5.41, 5.74) is 5.15. The molecule has 1 aromatic heterocycles. The number of rotatable bonds is 5. The molecule has 21 heavy (non-hydrogen) atoms. The van der Waals surface area contributed by atoms with Crippen LogP contribution in [-0.4, -0.2) is 22.6 Å². The maximum absolute atomic E-state index is 11.7. The van der Waals surface area contributed by atoms with E-state index in [9.17, 15) is 9.59 Å². The van der Waals surface area contributed by atoms with Gasteiger partial charge in [-0.3, -0.25) is 25.4 Å². The van der Waals surface area contributed by atoms with Crippen LogP contribution in [0, 0.1) is 0 Å². The summed E-state index contributed by atoms with van der Waals surface area (Å²) in [6.45, 7) is 0. The lowest BCUT2D eigenvalue weighted by Crippen LogP contribution is -2.41. The third-order valence-electron chi connectivity index (χ3n) is 2.58. The lowest BCUT2D eigenvalue weighted by atomic mass is 10.3. The summed E-state index contributed by atoms with van der Waals surface area (Å²) in [5.74, 6) is 0.0429. The number of pyridine rings is 1. The van der Waals surface area contributed by atoms with Crippen molar-refractivity contribution in [3.05, 3.63) is 60.4 Å². The summed E-state index contributed by atoms with van der Waals surface area (Å²) in [4.78, 5) is 28.2. The van der Waals surface area contributed by atoms with Crippen molar-refractivity contribution in [2.24, 2.45) is 0 Å². The average molecular weight is 301 g/mol. The molecule has 0 unspecified atom stereocenters. The zero-order valence-corrected chi connectivity index (χ0v) is 12.1. The monoisotopic (exact) mass is 301 g/mol. The molecule has 0 bridgehead atoms. The van der Waals surface area contributed by atoms with Gasteiger partial charge in [-0.15, -0.1) is 11.8 Å². The molecule has 0 aliphatic rings. The molecule has 2 aromatic rings. The Balaban J connectivity index is 1.67. The van der Waals surface area contributed by atoms with Crippen molar-refractivity contribution in [3.63, 3.8) is 0 Å². The second-order valence-electron chi connectivity index (χ2n) is 4.16. The van der Waals surface area contributed by atoms with E-state index in [1.165, 1.54) is 6.20 Å². The second kappa shape index (κ2) is 8.06. The van der Waals surface area contributed by atoms with Crippen LogP contribution < -0.4 is 10.9 Å². The van der Waals surface area contributed by atoms with Crippen LogP contribution in [0.4, 0.5) is 0 Å². The summed E-state index contributed by atoms with van der Waals surface area (Å²) in [7, 11) is 0. The molecule has 0 spiro atoms. The Bertz CT molecular complexity index is 590. The molecular weight excluding hydrogens is 286 g/mol. The van der Waals surface area contributed by atoms with Gasteiger partial charge in [0.25, 0.3) is 5.91 Å². The number of carbonyl (C=O) groups excluding carboxylic acids is 2. The van der Waals surface area contributed by atoms with Crippen molar-refractivity contribution >= 4 is 23.6 Å². The number of carbonyl (C=O) groups is 2. The first-order valence-corrected chi connectivity index (χ1v) is 7.41. The molecule has 2 N–H and O–H groups in total. The fourth-order valence-corrected chi connectivity index (χ4v) is 2.41. The van der Waals surface area contributed by atoms with Crippen molar-refractivity contribution in [2.75, 3.05) is 5.75 Å². The highest BCUT2D eigenvalue weighted by atomic mass is 32.2. The maximum Gasteiger partial charge on any atom is 0.271 e. The largest absolute Gasteiger partial charge is 0.273 e. The first-order valence-electron chi connectivity index (χ1n) is 6.43. The van der Waals surface area contributed by atoms with E-state index in [0.717, 1.165) is 4.90 Å². The summed E-state index contributed by atoms with van der Waals surface area (Å²) in [6.07, 6.45) is 3.34. The highest BCUT2D eigenvalue weighted by Crippen LogP contribution is 2.17. The number of hydrogen-bond donors (Lipinski definition) is 2.